The first-order valence-electron chi connectivity index (χ1n) is 7.99. The monoisotopic (exact) mass is 387 g/mol. The molecule has 2 aromatic carbocycles. The molecule has 0 saturated carbocycles. The molecule has 2 aromatic rings. The van der Waals surface area contributed by atoms with E-state index in [1.54, 1.807) is 6.92 Å². The molecular weight excluding hydrogens is 370 g/mol. The number of nitrogens with zero attached hydrogens (tertiary/aromatic N) is 1. The zero-order valence-corrected chi connectivity index (χ0v) is 14.8. The molecule has 10 heteroatoms. The van der Waals surface area contributed by atoms with E-state index in [0.717, 1.165) is 0 Å². The summed E-state index contributed by atoms with van der Waals surface area (Å²) in [7, 11) is 0. The number of esters is 1. The van der Waals surface area contributed by atoms with Crippen LogP contribution in [0.3, 0.4) is 0 Å². The number of benzene rings is 2. The summed E-state index contributed by atoms with van der Waals surface area (Å²) < 4.78 is 10.00. The second-order valence-electron chi connectivity index (χ2n) is 5.66. The minimum Gasteiger partial charge on any atom is -0.484 e. The van der Waals surface area contributed by atoms with Crippen molar-refractivity contribution in [3.05, 3.63) is 63.7 Å². The Bertz CT molecular complexity index is 910. The molecule has 0 atom stereocenters. The number of carbonyl (C=O) groups is 3. The fourth-order valence-electron chi connectivity index (χ4n) is 2.14. The third-order valence-corrected chi connectivity index (χ3v) is 3.50. The van der Waals surface area contributed by atoms with Crippen molar-refractivity contribution in [1.29, 1.82) is 0 Å². The van der Waals surface area contributed by atoms with Crippen molar-refractivity contribution in [2.24, 2.45) is 5.73 Å². The number of nitro groups is 1. The van der Waals surface area contributed by atoms with Gasteiger partial charge in [0.1, 0.15) is 5.75 Å². The first kappa shape index (κ1) is 20.4. The molecule has 0 saturated heterocycles. The number of primary amides is 1. The molecule has 0 aromatic heterocycles. The SMILES string of the molecule is Cc1cc([N+](=O)[O-])ccc1NC(=O)COC(=O)c1ccc(OCC(N)=O)cc1. The van der Waals surface area contributed by atoms with Gasteiger partial charge in [-0.15, -0.1) is 0 Å². The van der Waals surface area contributed by atoms with E-state index in [1.165, 1.54) is 42.5 Å². The fraction of sp³-hybridized carbons (Fsp3) is 0.167. The van der Waals surface area contributed by atoms with E-state index < -0.39 is 29.3 Å². The number of carbonyl (C=O) groups excluding carboxylic acids is 3. The lowest BCUT2D eigenvalue weighted by Crippen LogP contribution is -2.21. The Hall–Kier alpha value is -3.95. The van der Waals surface area contributed by atoms with Crippen molar-refractivity contribution < 1.29 is 28.8 Å². The number of amides is 2. The van der Waals surface area contributed by atoms with Crippen LogP contribution < -0.4 is 15.8 Å². The number of nitrogens with one attached hydrogen (secondary N) is 1. The van der Waals surface area contributed by atoms with Crippen LogP contribution in [0.25, 0.3) is 0 Å². The van der Waals surface area contributed by atoms with Crippen LogP contribution in [0, 0.1) is 17.0 Å². The van der Waals surface area contributed by atoms with Crippen LogP contribution in [0.2, 0.25) is 0 Å². The highest BCUT2D eigenvalue weighted by Gasteiger charge is 2.13. The van der Waals surface area contributed by atoms with E-state index in [0.29, 0.717) is 17.0 Å². The van der Waals surface area contributed by atoms with Crippen LogP contribution in [-0.4, -0.2) is 35.9 Å². The van der Waals surface area contributed by atoms with Crippen molar-refractivity contribution in [2.45, 2.75) is 6.92 Å². The molecule has 0 aliphatic heterocycles. The van der Waals surface area contributed by atoms with Gasteiger partial charge in [-0.2, -0.15) is 0 Å². The second-order valence-corrected chi connectivity index (χ2v) is 5.66. The number of anilines is 1. The summed E-state index contributed by atoms with van der Waals surface area (Å²) in [5.74, 6) is -1.59. The third-order valence-electron chi connectivity index (χ3n) is 3.50. The number of hydrogen-bond acceptors (Lipinski definition) is 7. The number of ether oxygens (including phenoxy) is 2. The van der Waals surface area contributed by atoms with Crippen LogP contribution in [-0.2, 0) is 14.3 Å². The number of nitrogens with two attached hydrogens (primary N) is 1. The average Bonchev–Trinajstić information content (AvgIpc) is 2.66. The molecule has 3 N–H and O–H groups in total. The van der Waals surface area contributed by atoms with Crippen LogP contribution in [0.4, 0.5) is 11.4 Å². The molecule has 10 nitrogen and oxygen atoms in total. The predicted molar refractivity (Wildman–Crippen MR) is 97.9 cm³/mol. The zero-order valence-electron chi connectivity index (χ0n) is 14.8. The van der Waals surface area contributed by atoms with Crippen LogP contribution >= 0.6 is 0 Å². The summed E-state index contributed by atoms with van der Waals surface area (Å²) >= 11 is 0. The second kappa shape index (κ2) is 9.12. The van der Waals surface area contributed by atoms with Gasteiger partial charge in [0.05, 0.1) is 10.5 Å². The van der Waals surface area contributed by atoms with Gasteiger partial charge in [-0.3, -0.25) is 19.7 Å². The Morgan fingerprint density at radius 3 is 2.36 bits per heavy atom. The lowest BCUT2D eigenvalue weighted by Gasteiger charge is -2.09. The molecule has 0 bridgehead atoms. The van der Waals surface area contributed by atoms with Gasteiger partial charge in [-0.25, -0.2) is 4.79 Å². The Balaban J connectivity index is 1.87. The van der Waals surface area contributed by atoms with E-state index in [9.17, 15) is 24.5 Å². The largest absolute Gasteiger partial charge is 0.484 e. The zero-order chi connectivity index (χ0) is 20.7. The summed E-state index contributed by atoms with van der Waals surface area (Å²) in [6.07, 6.45) is 0. The van der Waals surface area contributed by atoms with Gasteiger partial charge in [0, 0.05) is 17.8 Å². The molecule has 2 rings (SSSR count). The van der Waals surface area contributed by atoms with E-state index in [2.05, 4.69) is 5.32 Å². The Morgan fingerprint density at radius 1 is 1.11 bits per heavy atom. The first-order chi connectivity index (χ1) is 13.3. The molecule has 146 valence electrons. The molecule has 0 unspecified atom stereocenters. The smallest absolute Gasteiger partial charge is 0.338 e. The molecule has 0 aliphatic carbocycles. The van der Waals surface area contributed by atoms with Gasteiger partial charge in [-0.1, -0.05) is 0 Å². The predicted octanol–water partition coefficient (Wildman–Crippen LogP) is 1.56. The van der Waals surface area contributed by atoms with Crippen molar-refractivity contribution in [1.82, 2.24) is 0 Å². The van der Waals surface area contributed by atoms with E-state index in [1.807, 2.05) is 0 Å². The topological polar surface area (TPSA) is 151 Å². The highest BCUT2D eigenvalue weighted by atomic mass is 16.6. The van der Waals surface area contributed by atoms with Gasteiger partial charge >= 0.3 is 5.97 Å². The molecule has 28 heavy (non-hydrogen) atoms. The summed E-state index contributed by atoms with van der Waals surface area (Å²) in [6.45, 7) is 0.789. The average molecular weight is 387 g/mol. The normalized spacial score (nSPS) is 10.0. The number of nitro benzene ring substituents is 1. The standard InChI is InChI=1S/C18H17N3O7/c1-11-8-13(21(25)26)4-7-15(11)20-17(23)10-28-18(24)12-2-5-14(6-3-12)27-9-16(19)22/h2-8H,9-10H2,1H3,(H2,19,22)(H,20,23). The Kier molecular flexibility index (Phi) is 6.63. The van der Waals surface area contributed by atoms with Crippen molar-refractivity contribution in [2.75, 3.05) is 18.5 Å². The maximum atomic E-state index is 12.0. The summed E-state index contributed by atoms with van der Waals surface area (Å²) in [6, 6.07) is 9.73. The number of aryl methyl sites for hydroxylation is 1. The summed E-state index contributed by atoms with van der Waals surface area (Å²) in [5.41, 5.74) is 5.94. The highest BCUT2D eigenvalue weighted by Crippen LogP contribution is 2.21. The number of rotatable bonds is 8. The lowest BCUT2D eigenvalue weighted by atomic mass is 10.2. The van der Waals surface area contributed by atoms with Crippen molar-refractivity contribution >= 4 is 29.2 Å². The maximum absolute atomic E-state index is 12.0. The van der Waals surface area contributed by atoms with Gasteiger partial charge < -0.3 is 20.5 Å². The summed E-state index contributed by atoms with van der Waals surface area (Å²) in [5, 5.41) is 13.2. The molecule has 0 aliphatic rings. The van der Waals surface area contributed by atoms with Crippen molar-refractivity contribution in [3.63, 3.8) is 0 Å². The van der Waals surface area contributed by atoms with Crippen LogP contribution in [0.5, 0.6) is 5.75 Å². The number of hydrogen-bond donors (Lipinski definition) is 2. The minimum atomic E-state index is -0.725. The minimum absolute atomic E-state index is 0.0924. The molecule has 0 heterocycles. The molecule has 2 amide bonds. The van der Waals surface area contributed by atoms with Gasteiger partial charge in [0.2, 0.25) is 0 Å². The third kappa shape index (κ3) is 5.80. The molecule has 0 radical (unpaired) electrons. The number of non-ortho nitro benzene ring substituents is 1. The quantitative estimate of drug-likeness (QED) is 0.396. The Labute approximate surface area is 159 Å². The summed E-state index contributed by atoms with van der Waals surface area (Å²) in [4.78, 5) is 44.7. The van der Waals surface area contributed by atoms with Gasteiger partial charge in [-0.05, 0) is 42.8 Å². The highest BCUT2D eigenvalue weighted by molar-refractivity contribution is 5.96. The maximum Gasteiger partial charge on any atom is 0.338 e. The molecule has 0 spiro atoms. The van der Waals surface area contributed by atoms with Crippen LogP contribution in [0.1, 0.15) is 15.9 Å². The van der Waals surface area contributed by atoms with E-state index in [4.69, 9.17) is 15.2 Å². The molecule has 0 fully saturated rings. The lowest BCUT2D eigenvalue weighted by molar-refractivity contribution is -0.384. The van der Waals surface area contributed by atoms with Crippen LogP contribution in [0.15, 0.2) is 42.5 Å². The Morgan fingerprint density at radius 2 is 1.79 bits per heavy atom. The fourth-order valence-corrected chi connectivity index (χ4v) is 2.14. The first-order valence-corrected chi connectivity index (χ1v) is 7.99. The van der Waals surface area contributed by atoms with Gasteiger partial charge in [0.25, 0.3) is 17.5 Å². The van der Waals surface area contributed by atoms with Gasteiger partial charge in [0.15, 0.2) is 13.2 Å². The molecular formula is C18H17N3O7. The van der Waals surface area contributed by atoms with E-state index in [-0.39, 0.29) is 17.9 Å². The van der Waals surface area contributed by atoms with E-state index >= 15 is 0 Å². The van der Waals surface area contributed by atoms with Crippen molar-refractivity contribution in [3.8, 4) is 5.75 Å².